The first kappa shape index (κ1) is 10.9. The van der Waals surface area contributed by atoms with Crippen molar-refractivity contribution in [1.29, 1.82) is 0 Å². The summed E-state index contributed by atoms with van der Waals surface area (Å²) < 4.78 is 21.6. The lowest BCUT2D eigenvalue weighted by Gasteiger charge is -2.27. The van der Waals surface area contributed by atoms with Gasteiger partial charge < -0.3 is 0 Å². The largest absolute Gasteiger partial charge is 0.228 e. The van der Waals surface area contributed by atoms with Gasteiger partial charge in [0.05, 0.1) is 4.75 Å². The van der Waals surface area contributed by atoms with Gasteiger partial charge in [0.15, 0.2) is 0 Å². The molecule has 0 aromatic rings. The van der Waals surface area contributed by atoms with E-state index in [4.69, 9.17) is 5.14 Å². The number of hydrogen-bond donors (Lipinski definition) is 1. The van der Waals surface area contributed by atoms with Crippen molar-refractivity contribution in [2.24, 2.45) is 5.14 Å². The van der Waals surface area contributed by atoms with Crippen LogP contribution in [0.5, 0.6) is 0 Å². The molecule has 0 amide bonds. The first-order valence-corrected chi connectivity index (χ1v) is 5.50. The Balaban J connectivity index is 4.86. The molecule has 0 unspecified atom stereocenters. The van der Waals surface area contributed by atoms with Crippen LogP contribution in [0.4, 0.5) is 0 Å². The first-order chi connectivity index (χ1) is 4.93. The zero-order valence-electron chi connectivity index (χ0n) is 7.42. The maximum atomic E-state index is 11.1. The Hall–Kier alpha value is -0.0900. The van der Waals surface area contributed by atoms with Crippen molar-refractivity contribution in [3.8, 4) is 0 Å². The van der Waals surface area contributed by atoms with Gasteiger partial charge in [0, 0.05) is 0 Å². The Morgan fingerprint density at radius 3 is 1.36 bits per heavy atom. The minimum Gasteiger partial charge on any atom is -0.228 e. The van der Waals surface area contributed by atoms with E-state index in [9.17, 15) is 8.42 Å². The summed E-state index contributed by atoms with van der Waals surface area (Å²) in [6.07, 6.45) is 1.79. The SMILES string of the molecule is CCC(CC)(CC)S(N)(=O)=O. The van der Waals surface area contributed by atoms with Crippen LogP contribution in [0.25, 0.3) is 0 Å². The van der Waals surface area contributed by atoms with E-state index < -0.39 is 14.8 Å². The lowest BCUT2D eigenvalue weighted by atomic mass is 9.99. The first-order valence-electron chi connectivity index (χ1n) is 3.96. The second-order valence-electron chi connectivity index (χ2n) is 2.79. The maximum absolute atomic E-state index is 11.1. The lowest BCUT2D eigenvalue weighted by molar-refractivity contribution is 0.469. The highest BCUT2D eigenvalue weighted by molar-refractivity contribution is 7.90. The Kier molecular flexibility index (Phi) is 3.51. The van der Waals surface area contributed by atoms with Gasteiger partial charge in [-0.15, -0.1) is 0 Å². The van der Waals surface area contributed by atoms with Crippen molar-refractivity contribution in [1.82, 2.24) is 0 Å². The molecule has 0 fully saturated rings. The van der Waals surface area contributed by atoms with Crippen LogP contribution in [0.1, 0.15) is 40.0 Å². The Bertz CT molecular complexity index is 196. The molecule has 0 saturated heterocycles. The van der Waals surface area contributed by atoms with Crippen LogP contribution < -0.4 is 5.14 Å². The molecular weight excluding hydrogens is 162 g/mol. The van der Waals surface area contributed by atoms with Gasteiger partial charge in [-0.2, -0.15) is 0 Å². The van der Waals surface area contributed by atoms with Crippen molar-refractivity contribution >= 4 is 10.0 Å². The van der Waals surface area contributed by atoms with E-state index >= 15 is 0 Å². The van der Waals surface area contributed by atoms with E-state index in [1.807, 2.05) is 20.8 Å². The summed E-state index contributed by atoms with van der Waals surface area (Å²) >= 11 is 0. The number of sulfonamides is 1. The van der Waals surface area contributed by atoms with E-state index in [-0.39, 0.29) is 0 Å². The van der Waals surface area contributed by atoms with Gasteiger partial charge >= 0.3 is 0 Å². The molecule has 68 valence electrons. The van der Waals surface area contributed by atoms with E-state index in [2.05, 4.69) is 0 Å². The molecule has 11 heavy (non-hydrogen) atoms. The Morgan fingerprint density at radius 1 is 1.09 bits per heavy atom. The number of rotatable bonds is 4. The molecule has 0 atom stereocenters. The van der Waals surface area contributed by atoms with E-state index in [1.54, 1.807) is 0 Å². The molecular formula is C7H17NO2S. The normalized spacial score (nSPS) is 13.5. The van der Waals surface area contributed by atoms with Gasteiger partial charge in [0.2, 0.25) is 10.0 Å². The predicted octanol–water partition coefficient (Wildman–Crippen LogP) is 1.24. The molecule has 2 N–H and O–H groups in total. The Labute approximate surface area is 69.0 Å². The van der Waals surface area contributed by atoms with Crippen LogP contribution >= 0.6 is 0 Å². The highest BCUT2D eigenvalue weighted by Gasteiger charge is 2.35. The van der Waals surface area contributed by atoms with Crippen LogP contribution in [-0.2, 0) is 10.0 Å². The molecule has 0 aliphatic carbocycles. The van der Waals surface area contributed by atoms with Crippen molar-refractivity contribution in [3.63, 3.8) is 0 Å². The highest BCUT2D eigenvalue weighted by atomic mass is 32.2. The van der Waals surface area contributed by atoms with Crippen LogP contribution in [0.15, 0.2) is 0 Å². The number of primary sulfonamides is 1. The molecule has 0 saturated carbocycles. The van der Waals surface area contributed by atoms with E-state index in [0.29, 0.717) is 19.3 Å². The smallest absolute Gasteiger partial charge is 0.214 e. The van der Waals surface area contributed by atoms with Gasteiger partial charge in [-0.3, -0.25) is 0 Å². The zero-order chi connectivity index (χ0) is 9.12. The molecule has 3 nitrogen and oxygen atoms in total. The number of nitrogens with two attached hydrogens (primary N) is 1. The average Bonchev–Trinajstić information content (AvgIpc) is 1.90. The lowest BCUT2D eigenvalue weighted by Crippen LogP contribution is -2.41. The summed E-state index contributed by atoms with van der Waals surface area (Å²) in [6.45, 7) is 5.58. The minimum atomic E-state index is -3.38. The fourth-order valence-electron chi connectivity index (χ4n) is 1.35. The highest BCUT2D eigenvalue weighted by Crippen LogP contribution is 2.26. The molecule has 0 radical (unpaired) electrons. The fourth-order valence-corrected chi connectivity index (χ4v) is 2.56. The summed E-state index contributed by atoms with van der Waals surface area (Å²) in [7, 11) is -3.38. The molecule has 0 bridgehead atoms. The molecule has 0 aromatic heterocycles. The monoisotopic (exact) mass is 179 g/mol. The van der Waals surface area contributed by atoms with Gasteiger partial charge in [-0.05, 0) is 19.3 Å². The van der Waals surface area contributed by atoms with Gasteiger partial charge in [-0.1, -0.05) is 20.8 Å². The molecule has 0 spiro atoms. The average molecular weight is 179 g/mol. The summed E-state index contributed by atoms with van der Waals surface area (Å²) in [6, 6.07) is 0. The maximum Gasteiger partial charge on any atom is 0.214 e. The summed E-state index contributed by atoms with van der Waals surface area (Å²) in [5, 5.41) is 5.12. The molecule has 0 aliphatic heterocycles. The fraction of sp³-hybridized carbons (Fsp3) is 1.00. The van der Waals surface area contributed by atoms with E-state index in [0.717, 1.165) is 0 Å². The third kappa shape index (κ3) is 1.93. The van der Waals surface area contributed by atoms with Gasteiger partial charge in [0.1, 0.15) is 0 Å². The Morgan fingerprint density at radius 2 is 1.36 bits per heavy atom. The predicted molar refractivity (Wildman–Crippen MR) is 46.7 cm³/mol. The van der Waals surface area contributed by atoms with Crippen LogP contribution in [0.3, 0.4) is 0 Å². The summed E-state index contributed by atoms with van der Waals surface area (Å²) in [5.74, 6) is 0. The second kappa shape index (κ2) is 3.54. The minimum absolute atomic E-state index is 0.596. The standard InChI is InChI=1S/C7H17NO2S/c1-4-7(5-2,6-3)11(8,9)10/h4-6H2,1-3H3,(H2,8,9,10). The third-order valence-corrected chi connectivity index (χ3v) is 4.61. The van der Waals surface area contributed by atoms with Gasteiger partial charge in [0.25, 0.3) is 0 Å². The van der Waals surface area contributed by atoms with Crippen molar-refractivity contribution in [2.45, 2.75) is 44.8 Å². The topological polar surface area (TPSA) is 60.2 Å². The van der Waals surface area contributed by atoms with Crippen molar-refractivity contribution in [3.05, 3.63) is 0 Å². The number of hydrogen-bond acceptors (Lipinski definition) is 2. The van der Waals surface area contributed by atoms with Crippen LogP contribution in [-0.4, -0.2) is 13.2 Å². The van der Waals surface area contributed by atoms with Crippen LogP contribution in [0, 0.1) is 0 Å². The second-order valence-corrected chi connectivity index (χ2v) is 4.74. The summed E-state index contributed by atoms with van der Waals surface area (Å²) in [5.41, 5.74) is 0. The van der Waals surface area contributed by atoms with Crippen molar-refractivity contribution in [2.75, 3.05) is 0 Å². The summed E-state index contributed by atoms with van der Waals surface area (Å²) in [4.78, 5) is 0. The van der Waals surface area contributed by atoms with Gasteiger partial charge in [-0.25, -0.2) is 13.6 Å². The van der Waals surface area contributed by atoms with Crippen LogP contribution in [0.2, 0.25) is 0 Å². The van der Waals surface area contributed by atoms with Crippen molar-refractivity contribution < 1.29 is 8.42 Å². The molecule has 4 heteroatoms. The molecule has 0 aliphatic rings. The third-order valence-electron chi connectivity index (χ3n) is 2.54. The quantitative estimate of drug-likeness (QED) is 0.706. The molecule has 0 heterocycles. The zero-order valence-corrected chi connectivity index (χ0v) is 8.24. The molecule has 0 aromatic carbocycles. The van der Waals surface area contributed by atoms with E-state index in [1.165, 1.54) is 0 Å². The molecule has 0 rings (SSSR count).